The summed E-state index contributed by atoms with van der Waals surface area (Å²) in [6, 6.07) is 15.0. The summed E-state index contributed by atoms with van der Waals surface area (Å²) in [5, 5.41) is 19.7. The van der Waals surface area contributed by atoms with Crippen molar-refractivity contribution >= 4 is 10.0 Å². The maximum Gasteiger partial charge on any atom is 0.261 e. The SMILES string of the molecule is CCOCCOC(C#N)(C#N)C(NS(=O)(=O)c1ccc(C)cc1)c1ccc(OC)cc1. The van der Waals surface area contributed by atoms with Crippen LogP contribution in [0.1, 0.15) is 24.1 Å². The first kappa shape index (κ1) is 24.3. The summed E-state index contributed by atoms with van der Waals surface area (Å²) in [4.78, 5) is 0.00991. The van der Waals surface area contributed by atoms with E-state index in [1.54, 1.807) is 43.3 Å². The van der Waals surface area contributed by atoms with Crippen LogP contribution in [0.2, 0.25) is 0 Å². The highest BCUT2D eigenvalue weighted by Crippen LogP contribution is 2.32. The van der Waals surface area contributed by atoms with Crippen LogP contribution in [0.3, 0.4) is 0 Å². The van der Waals surface area contributed by atoms with E-state index < -0.39 is 21.7 Å². The Morgan fingerprint density at radius 2 is 1.65 bits per heavy atom. The average Bonchev–Trinajstić information content (AvgIpc) is 2.79. The fourth-order valence-corrected chi connectivity index (χ4v) is 4.07. The van der Waals surface area contributed by atoms with E-state index in [0.29, 0.717) is 17.9 Å². The molecule has 0 amide bonds. The third-order valence-corrected chi connectivity index (χ3v) is 5.99. The lowest BCUT2D eigenvalue weighted by Crippen LogP contribution is -2.46. The summed E-state index contributed by atoms with van der Waals surface area (Å²) < 4.78 is 44.6. The number of nitrogens with zero attached hydrogens (tertiary/aromatic N) is 2. The molecule has 0 aliphatic heterocycles. The summed E-state index contributed by atoms with van der Waals surface area (Å²) in [5.74, 6) is 0.542. The molecular formula is C22H25N3O5S. The number of hydrogen-bond acceptors (Lipinski definition) is 7. The molecule has 0 fully saturated rings. The fourth-order valence-electron chi connectivity index (χ4n) is 2.83. The van der Waals surface area contributed by atoms with E-state index in [2.05, 4.69) is 4.72 Å². The van der Waals surface area contributed by atoms with Crippen LogP contribution in [-0.2, 0) is 19.5 Å². The van der Waals surface area contributed by atoms with E-state index in [-0.39, 0.29) is 18.1 Å². The van der Waals surface area contributed by atoms with Gasteiger partial charge in [0.15, 0.2) is 0 Å². The summed E-state index contributed by atoms with van der Waals surface area (Å²) >= 11 is 0. The second-order valence-electron chi connectivity index (χ2n) is 6.65. The second kappa shape index (κ2) is 10.9. The first-order chi connectivity index (χ1) is 14.8. The third-order valence-electron chi connectivity index (χ3n) is 4.55. The number of aryl methyl sites for hydroxylation is 1. The molecule has 0 saturated heterocycles. The molecular weight excluding hydrogens is 418 g/mol. The molecule has 8 nitrogen and oxygen atoms in total. The van der Waals surface area contributed by atoms with Gasteiger partial charge in [-0.1, -0.05) is 29.8 Å². The van der Waals surface area contributed by atoms with Crippen LogP contribution >= 0.6 is 0 Å². The molecule has 2 aromatic carbocycles. The molecule has 0 saturated carbocycles. The molecule has 1 unspecified atom stereocenters. The molecule has 0 spiro atoms. The Balaban J connectivity index is 2.49. The normalized spacial score (nSPS) is 12.5. The van der Waals surface area contributed by atoms with Gasteiger partial charge in [0.05, 0.1) is 25.2 Å². The maximum atomic E-state index is 13.1. The minimum Gasteiger partial charge on any atom is -0.497 e. The lowest BCUT2D eigenvalue weighted by Gasteiger charge is -2.30. The molecule has 2 aromatic rings. The molecule has 0 aliphatic rings. The van der Waals surface area contributed by atoms with Crippen molar-refractivity contribution in [2.24, 2.45) is 0 Å². The zero-order valence-corrected chi connectivity index (χ0v) is 18.5. The van der Waals surface area contributed by atoms with Crippen molar-refractivity contribution in [3.8, 4) is 17.9 Å². The van der Waals surface area contributed by atoms with Crippen molar-refractivity contribution in [3.63, 3.8) is 0 Å². The van der Waals surface area contributed by atoms with Gasteiger partial charge >= 0.3 is 0 Å². The lowest BCUT2D eigenvalue weighted by atomic mass is 9.91. The third kappa shape index (κ3) is 6.03. The van der Waals surface area contributed by atoms with Gasteiger partial charge in [0.1, 0.15) is 23.9 Å². The molecule has 0 aliphatic carbocycles. The zero-order valence-electron chi connectivity index (χ0n) is 17.7. The van der Waals surface area contributed by atoms with Crippen LogP contribution < -0.4 is 9.46 Å². The molecule has 1 atom stereocenters. The summed E-state index contributed by atoms with van der Waals surface area (Å²) in [6.45, 7) is 4.18. The Bertz CT molecular complexity index is 1020. The highest BCUT2D eigenvalue weighted by Gasteiger charge is 2.44. The topological polar surface area (TPSA) is 121 Å². The molecule has 2 rings (SSSR count). The predicted molar refractivity (Wildman–Crippen MR) is 114 cm³/mol. The summed E-state index contributed by atoms with van der Waals surface area (Å²) in [6.07, 6.45) is 0. The Hall–Kier alpha value is -2.95. The van der Waals surface area contributed by atoms with Crippen molar-refractivity contribution < 1.29 is 22.6 Å². The van der Waals surface area contributed by atoms with Crippen molar-refractivity contribution in [1.82, 2.24) is 4.72 Å². The Morgan fingerprint density at radius 1 is 1.03 bits per heavy atom. The van der Waals surface area contributed by atoms with Gasteiger partial charge in [-0.25, -0.2) is 8.42 Å². The van der Waals surface area contributed by atoms with E-state index >= 15 is 0 Å². The molecule has 31 heavy (non-hydrogen) atoms. The summed E-state index contributed by atoms with van der Waals surface area (Å²) in [5.41, 5.74) is -0.854. The highest BCUT2D eigenvalue weighted by atomic mass is 32.2. The average molecular weight is 444 g/mol. The molecule has 9 heteroatoms. The van der Waals surface area contributed by atoms with Gasteiger partial charge in [-0.05, 0) is 43.7 Å². The number of rotatable bonds is 11. The van der Waals surface area contributed by atoms with Crippen LogP contribution in [0.15, 0.2) is 53.4 Å². The molecule has 0 aromatic heterocycles. The Labute approximate surface area is 183 Å². The van der Waals surface area contributed by atoms with Gasteiger partial charge in [-0.15, -0.1) is 0 Å². The Morgan fingerprint density at radius 3 is 2.16 bits per heavy atom. The number of benzene rings is 2. The van der Waals surface area contributed by atoms with Gasteiger partial charge in [0.25, 0.3) is 5.60 Å². The summed E-state index contributed by atoms with van der Waals surface area (Å²) in [7, 11) is -2.58. The maximum absolute atomic E-state index is 13.1. The van der Waals surface area contributed by atoms with E-state index in [1.807, 2.05) is 19.1 Å². The highest BCUT2D eigenvalue weighted by molar-refractivity contribution is 7.89. The number of nitrogens with one attached hydrogen (secondary N) is 1. The molecule has 1 N–H and O–H groups in total. The number of sulfonamides is 1. The monoisotopic (exact) mass is 443 g/mol. The van der Waals surface area contributed by atoms with E-state index in [0.717, 1.165) is 5.56 Å². The number of ether oxygens (including phenoxy) is 3. The quantitative estimate of drug-likeness (QED) is 0.530. The number of nitriles is 2. The van der Waals surface area contributed by atoms with Crippen LogP contribution in [0.4, 0.5) is 0 Å². The fraction of sp³-hybridized carbons (Fsp3) is 0.364. The zero-order chi connectivity index (χ0) is 22.9. The number of hydrogen-bond donors (Lipinski definition) is 1. The van der Waals surface area contributed by atoms with E-state index in [9.17, 15) is 18.9 Å². The van der Waals surface area contributed by atoms with Crippen molar-refractivity contribution in [3.05, 3.63) is 59.7 Å². The first-order valence-corrected chi connectivity index (χ1v) is 11.1. The van der Waals surface area contributed by atoms with Gasteiger partial charge in [0.2, 0.25) is 10.0 Å². The first-order valence-electron chi connectivity index (χ1n) is 9.59. The molecule has 164 valence electrons. The minimum atomic E-state index is -4.07. The minimum absolute atomic E-state index is 0.00991. The van der Waals surface area contributed by atoms with Crippen LogP contribution in [0.5, 0.6) is 5.75 Å². The van der Waals surface area contributed by atoms with Gasteiger partial charge in [-0.2, -0.15) is 15.2 Å². The smallest absolute Gasteiger partial charge is 0.261 e. The predicted octanol–water partition coefficient (Wildman–Crippen LogP) is 2.86. The van der Waals surface area contributed by atoms with Crippen LogP contribution in [0, 0.1) is 29.6 Å². The number of methoxy groups -OCH3 is 1. The van der Waals surface area contributed by atoms with Crippen molar-refractivity contribution in [1.29, 1.82) is 10.5 Å². The van der Waals surface area contributed by atoms with Gasteiger partial charge in [-0.3, -0.25) is 0 Å². The second-order valence-corrected chi connectivity index (χ2v) is 8.36. The molecule has 0 radical (unpaired) electrons. The van der Waals surface area contributed by atoms with E-state index in [1.165, 1.54) is 19.2 Å². The van der Waals surface area contributed by atoms with Gasteiger partial charge < -0.3 is 14.2 Å². The van der Waals surface area contributed by atoms with Crippen molar-refractivity contribution in [2.45, 2.75) is 30.4 Å². The van der Waals surface area contributed by atoms with Crippen LogP contribution in [0.25, 0.3) is 0 Å². The largest absolute Gasteiger partial charge is 0.497 e. The van der Waals surface area contributed by atoms with Crippen molar-refractivity contribution in [2.75, 3.05) is 26.9 Å². The Kier molecular flexibility index (Phi) is 8.55. The van der Waals surface area contributed by atoms with E-state index in [4.69, 9.17) is 14.2 Å². The van der Waals surface area contributed by atoms with Crippen LogP contribution in [-0.4, -0.2) is 40.9 Å². The standard InChI is InChI=1S/C22H25N3O5S/c1-4-29-13-14-30-22(15-23,16-24)21(18-7-9-19(28-3)10-8-18)25-31(26,27)20-11-5-17(2)6-12-20/h5-12,21,25H,4,13-14H2,1-3H3. The molecule has 0 heterocycles. The van der Waals surface area contributed by atoms with Gasteiger partial charge in [0, 0.05) is 6.61 Å². The molecule has 0 bridgehead atoms. The lowest BCUT2D eigenvalue weighted by molar-refractivity contribution is -0.0181.